The summed E-state index contributed by atoms with van der Waals surface area (Å²) in [5, 5.41) is 6.92. The molecule has 13 nitrogen and oxygen atoms in total. The van der Waals surface area contributed by atoms with E-state index in [-0.39, 0.29) is 37.3 Å². The third kappa shape index (κ3) is 8.23. The molecule has 4 bridgehead atoms. The average molecular weight is 764 g/mol. The van der Waals surface area contributed by atoms with Crippen molar-refractivity contribution in [3.05, 3.63) is 48.7 Å². The molecule has 1 saturated heterocycles. The van der Waals surface area contributed by atoms with Crippen molar-refractivity contribution in [1.29, 1.82) is 0 Å². The van der Waals surface area contributed by atoms with Crippen LogP contribution in [0, 0.1) is 17.3 Å². The number of hydrogen-bond acceptors (Lipinski definition) is 9. The second-order valence-electron chi connectivity index (χ2n) is 16.8. The Morgan fingerprint density at radius 2 is 1.83 bits per heavy atom. The predicted octanol–water partition coefficient (Wildman–Crippen LogP) is 4.68. The van der Waals surface area contributed by atoms with E-state index in [1.54, 1.807) is 6.20 Å². The fourth-order valence-corrected chi connectivity index (χ4v) is 9.82. The van der Waals surface area contributed by atoms with Crippen LogP contribution in [0.4, 0.5) is 4.79 Å². The second kappa shape index (κ2) is 15.1. The summed E-state index contributed by atoms with van der Waals surface area (Å²) in [6, 6.07) is 6.12. The van der Waals surface area contributed by atoms with Crippen molar-refractivity contribution in [1.82, 2.24) is 25.2 Å². The molecule has 5 atom stereocenters. The predicted molar refractivity (Wildman–Crippen MR) is 202 cm³/mol. The lowest BCUT2D eigenvalue weighted by atomic mass is 9.83. The van der Waals surface area contributed by atoms with Gasteiger partial charge in [-0.15, -0.1) is 6.58 Å². The Bertz CT molecular complexity index is 1910. The number of benzene rings is 1. The smallest absolute Gasteiger partial charge is 0.407 e. The third-order valence-electron chi connectivity index (χ3n) is 12.0. The number of fused-ring (bicyclic) bond motifs is 3. The van der Waals surface area contributed by atoms with E-state index in [2.05, 4.69) is 52.9 Å². The van der Waals surface area contributed by atoms with E-state index in [4.69, 9.17) is 9.47 Å². The van der Waals surface area contributed by atoms with Crippen LogP contribution in [0.3, 0.4) is 0 Å². The zero-order valence-electron chi connectivity index (χ0n) is 31.3. The van der Waals surface area contributed by atoms with Gasteiger partial charge in [0.25, 0.3) is 5.91 Å². The molecule has 2 aromatic rings. The van der Waals surface area contributed by atoms with E-state index in [0.29, 0.717) is 18.7 Å². The van der Waals surface area contributed by atoms with Crippen molar-refractivity contribution in [3.63, 3.8) is 0 Å². The standard InChI is InChI=1S/C40H53N5O8S/c1-4-28-22-40(28,37(48)44-54(50,51)30-15-16-30)43-34(46)32-21-29-23-45(32)36(47)33(27-11-6-5-7-12-27)42-38(49)52-24-39(2,3)18-9-8-10-25-13-14-26-17-19-41-35(53-29)31(26)20-25/h4,13-14,17,19-20,27-30,32-33H,1,5-12,15-16,18,21-24H2,2-3H3,(H,42,49)(H,43,46)(H,44,48)/t28-,29-,32+,33+,40?/m1/s1. The first-order chi connectivity index (χ1) is 25.8. The van der Waals surface area contributed by atoms with Crippen LogP contribution in [0.25, 0.3) is 10.8 Å². The molecule has 7 rings (SSSR count). The minimum absolute atomic E-state index is 0.0296. The highest BCUT2D eigenvalue weighted by Gasteiger charge is 2.62. The summed E-state index contributed by atoms with van der Waals surface area (Å²) in [5.74, 6) is -2.12. The van der Waals surface area contributed by atoms with Gasteiger partial charge < -0.3 is 25.0 Å². The molecule has 3 aliphatic carbocycles. The summed E-state index contributed by atoms with van der Waals surface area (Å²) in [5.41, 5.74) is -0.669. The molecular formula is C40H53N5O8S. The molecule has 1 aromatic carbocycles. The molecular weight excluding hydrogens is 711 g/mol. The van der Waals surface area contributed by atoms with Gasteiger partial charge >= 0.3 is 6.09 Å². The van der Waals surface area contributed by atoms with Gasteiger partial charge in [-0.05, 0) is 85.8 Å². The maximum absolute atomic E-state index is 14.8. The van der Waals surface area contributed by atoms with Gasteiger partial charge in [-0.25, -0.2) is 18.2 Å². The van der Waals surface area contributed by atoms with Crippen LogP contribution in [0.15, 0.2) is 43.1 Å². The van der Waals surface area contributed by atoms with E-state index in [1.807, 2.05) is 12.1 Å². The number of aryl methyl sites for hydroxylation is 1. The van der Waals surface area contributed by atoms with Crippen molar-refractivity contribution in [3.8, 4) is 5.88 Å². The molecule has 14 heteroatoms. The molecule has 1 aromatic heterocycles. The Morgan fingerprint density at radius 3 is 2.56 bits per heavy atom. The Hall–Kier alpha value is -4.20. The highest BCUT2D eigenvalue weighted by molar-refractivity contribution is 7.91. The molecule has 2 aliphatic heterocycles. The Kier molecular flexibility index (Phi) is 10.7. The number of aromatic nitrogens is 1. The van der Waals surface area contributed by atoms with Gasteiger partial charge in [0.1, 0.15) is 23.7 Å². The lowest BCUT2D eigenvalue weighted by molar-refractivity contribution is -0.142. The lowest BCUT2D eigenvalue weighted by Gasteiger charge is -2.35. The number of hydrogen-bond donors (Lipinski definition) is 3. The average Bonchev–Trinajstić information content (AvgIpc) is 4.08. The van der Waals surface area contributed by atoms with E-state index >= 15 is 0 Å². The number of carbonyl (C=O) groups is 4. The summed E-state index contributed by atoms with van der Waals surface area (Å²) in [6.07, 6.45) is 11.0. The van der Waals surface area contributed by atoms with Gasteiger partial charge in [-0.1, -0.05) is 57.7 Å². The number of carbonyl (C=O) groups excluding carboxylic acids is 4. The van der Waals surface area contributed by atoms with Gasteiger partial charge in [0, 0.05) is 23.9 Å². The molecule has 292 valence electrons. The number of ether oxygens (including phenoxy) is 2. The van der Waals surface area contributed by atoms with E-state index < -0.39 is 68.7 Å². The summed E-state index contributed by atoms with van der Waals surface area (Å²) in [7, 11) is -3.88. The number of cyclic esters (lactones) is 1. The van der Waals surface area contributed by atoms with Gasteiger partial charge in [0.05, 0.1) is 18.4 Å². The van der Waals surface area contributed by atoms with Crippen LogP contribution < -0.4 is 20.1 Å². The number of amides is 4. The fourth-order valence-electron chi connectivity index (χ4n) is 8.45. The second-order valence-corrected chi connectivity index (χ2v) is 18.8. The quantitative estimate of drug-likeness (QED) is 0.339. The van der Waals surface area contributed by atoms with Crippen LogP contribution in [-0.4, -0.2) is 84.2 Å². The molecule has 5 aliphatic rings. The minimum atomic E-state index is -3.88. The topological polar surface area (TPSA) is 173 Å². The number of nitrogens with zero attached hydrogens (tertiary/aromatic N) is 2. The molecule has 3 N–H and O–H groups in total. The molecule has 54 heavy (non-hydrogen) atoms. The minimum Gasteiger partial charge on any atom is -0.472 e. The molecule has 4 amide bonds. The van der Waals surface area contributed by atoms with Crippen molar-refractivity contribution in [2.45, 2.75) is 126 Å². The number of rotatable bonds is 7. The van der Waals surface area contributed by atoms with Crippen LogP contribution >= 0.6 is 0 Å². The highest BCUT2D eigenvalue weighted by Crippen LogP contribution is 2.45. The lowest BCUT2D eigenvalue weighted by Crippen LogP contribution is -2.59. The Labute approximate surface area is 317 Å². The molecule has 0 spiro atoms. The van der Waals surface area contributed by atoms with Gasteiger partial charge in [0.15, 0.2) is 0 Å². The van der Waals surface area contributed by atoms with Crippen molar-refractivity contribution < 1.29 is 37.1 Å². The normalized spacial score (nSPS) is 29.5. The first-order valence-corrected chi connectivity index (χ1v) is 21.1. The van der Waals surface area contributed by atoms with Crippen molar-refractivity contribution in [2.24, 2.45) is 17.3 Å². The van der Waals surface area contributed by atoms with E-state index in [1.165, 1.54) is 11.0 Å². The number of alkyl carbamates (subject to hydrolysis) is 1. The molecule has 1 unspecified atom stereocenters. The largest absolute Gasteiger partial charge is 0.472 e. The molecule has 4 fully saturated rings. The molecule has 3 heterocycles. The van der Waals surface area contributed by atoms with Crippen LogP contribution in [-0.2, 0) is 35.6 Å². The van der Waals surface area contributed by atoms with Gasteiger partial charge in [0.2, 0.25) is 27.7 Å². The fraction of sp³-hybridized carbons (Fsp3) is 0.625. The zero-order chi connectivity index (χ0) is 38.3. The first-order valence-electron chi connectivity index (χ1n) is 19.6. The van der Waals surface area contributed by atoms with Crippen LogP contribution in [0.5, 0.6) is 5.88 Å². The monoisotopic (exact) mass is 763 g/mol. The Morgan fingerprint density at radius 1 is 1.06 bits per heavy atom. The number of nitrogens with one attached hydrogen (secondary N) is 3. The summed E-state index contributed by atoms with van der Waals surface area (Å²) >= 11 is 0. The van der Waals surface area contributed by atoms with E-state index in [0.717, 1.165) is 74.1 Å². The highest BCUT2D eigenvalue weighted by atomic mass is 32.2. The maximum Gasteiger partial charge on any atom is 0.407 e. The summed E-state index contributed by atoms with van der Waals surface area (Å²) in [6.45, 7) is 8.15. The number of pyridine rings is 1. The SMILES string of the molecule is C=C[C@@H]1CC1(NC(=O)[C@@H]1C[C@@H]2CN1C(=O)[C@H](C1CCCCC1)NC(=O)OCC(C)(C)CCCCc1ccc3ccnc(c3c1)O2)C(=O)NS(=O)(=O)C1CC1. The molecule has 0 radical (unpaired) electrons. The summed E-state index contributed by atoms with van der Waals surface area (Å²) in [4.78, 5) is 62.2. The van der Waals surface area contributed by atoms with Gasteiger partial charge in [-0.2, -0.15) is 0 Å². The van der Waals surface area contributed by atoms with E-state index in [9.17, 15) is 27.6 Å². The summed E-state index contributed by atoms with van der Waals surface area (Å²) < 4.78 is 40.0. The number of sulfonamides is 1. The van der Waals surface area contributed by atoms with Crippen molar-refractivity contribution >= 4 is 44.6 Å². The van der Waals surface area contributed by atoms with Crippen molar-refractivity contribution in [2.75, 3.05) is 13.2 Å². The third-order valence-corrected chi connectivity index (χ3v) is 13.8. The Balaban J connectivity index is 1.21. The van der Waals surface area contributed by atoms with Crippen LogP contribution in [0.1, 0.15) is 96.5 Å². The van der Waals surface area contributed by atoms with Gasteiger partial charge in [-0.3, -0.25) is 19.1 Å². The first kappa shape index (κ1) is 38.1. The molecule has 3 saturated carbocycles. The maximum atomic E-state index is 14.8. The van der Waals surface area contributed by atoms with Crippen LogP contribution in [0.2, 0.25) is 0 Å². The zero-order valence-corrected chi connectivity index (χ0v) is 32.1.